The monoisotopic (exact) mass is 357 g/mol. The highest BCUT2D eigenvalue weighted by molar-refractivity contribution is 5.90. The third-order valence-electron chi connectivity index (χ3n) is 4.90. The van der Waals surface area contributed by atoms with E-state index in [1.807, 2.05) is 6.92 Å². The van der Waals surface area contributed by atoms with Gasteiger partial charge in [0, 0.05) is 24.8 Å². The Labute approximate surface area is 156 Å². The van der Waals surface area contributed by atoms with Gasteiger partial charge >= 0.3 is 0 Å². The van der Waals surface area contributed by atoms with Gasteiger partial charge in [0.25, 0.3) is 0 Å². The van der Waals surface area contributed by atoms with Crippen LogP contribution in [0.2, 0.25) is 0 Å². The van der Waals surface area contributed by atoms with E-state index in [1.54, 1.807) is 0 Å². The first kappa shape index (κ1) is 18.8. The van der Waals surface area contributed by atoms with E-state index in [9.17, 15) is 0 Å². The molecule has 1 fully saturated rings. The third-order valence-corrected chi connectivity index (χ3v) is 4.90. The molecule has 3 heterocycles. The number of hydrogen-bond acceptors (Lipinski definition) is 7. The summed E-state index contributed by atoms with van der Waals surface area (Å²) in [7, 11) is 6.32. The van der Waals surface area contributed by atoms with Crippen LogP contribution in [0.5, 0.6) is 0 Å². The molecule has 0 amide bonds. The SMILES string of the molecule is Cc1cc(C)c2c(NCCN(C)C)nc(NC3CCN(C)CC3)nc2n1. The smallest absolute Gasteiger partial charge is 0.226 e. The summed E-state index contributed by atoms with van der Waals surface area (Å²) >= 11 is 0. The number of nitrogens with zero attached hydrogens (tertiary/aromatic N) is 5. The molecule has 142 valence electrons. The van der Waals surface area contributed by atoms with Gasteiger partial charge in [-0.25, -0.2) is 4.98 Å². The quantitative estimate of drug-likeness (QED) is 0.821. The molecule has 7 nitrogen and oxygen atoms in total. The molecule has 7 heteroatoms. The number of aromatic nitrogens is 3. The summed E-state index contributed by atoms with van der Waals surface area (Å²) in [5.41, 5.74) is 2.91. The zero-order valence-electron chi connectivity index (χ0n) is 16.6. The second kappa shape index (κ2) is 8.14. The minimum atomic E-state index is 0.421. The van der Waals surface area contributed by atoms with Crippen molar-refractivity contribution in [1.29, 1.82) is 0 Å². The van der Waals surface area contributed by atoms with Crippen LogP contribution in [0.1, 0.15) is 24.1 Å². The zero-order valence-corrected chi connectivity index (χ0v) is 16.6. The second-order valence-corrected chi connectivity index (χ2v) is 7.63. The highest BCUT2D eigenvalue weighted by Crippen LogP contribution is 2.25. The van der Waals surface area contributed by atoms with Crippen molar-refractivity contribution in [2.45, 2.75) is 32.7 Å². The highest BCUT2D eigenvalue weighted by atomic mass is 15.2. The first-order chi connectivity index (χ1) is 12.4. The van der Waals surface area contributed by atoms with Gasteiger partial charge in [-0.05, 0) is 72.6 Å². The van der Waals surface area contributed by atoms with Crippen LogP contribution >= 0.6 is 0 Å². The summed E-state index contributed by atoms with van der Waals surface area (Å²) in [5.74, 6) is 1.55. The number of pyridine rings is 1. The van der Waals surface area contributed by atoms with Gasteiger partial charge in [0.05, 0.1) is 5.39 Å². The average Bonchev–Trinajstić information content (AvgIpc) is 2.55. The van der Waals surface area contributed by atoms with E-state index < -0.39 is 0 Å². The molecule has 0 bridgehead atoms. The first-order valence-corrected chi connectivity index (χ1v) is 9.42. The molecular weight excluding hydrogens is 326 g/mol. The van der Waals surface area contributed by atoms with Crippen LogP contribution in [-0.2, 0) is 0 Å². The lowest BCUT2D eigenvalue weighted by molar-refractivity contribution is 0.263. The number of anilines is 2. The lowest BCUT2D eigenvalue weighted by Gasteiger charge is -2.29. The van der Waals surface area contributed by atoms with Crippen molar-refractivity contribution in [3.8, 4) is 0 Å². The molecule has 0 atom stereocenters. The average molecular weight is 358 g/mol. The Morgan fingerprint density at radius 3 is 2.58 bits per heavy atom. The third kappa shape index (κ3) is 4.59. The number of nitrogens with one attached hydrogen (secondary N) is 2. The summed E-state index contributed by atoms with van der Waals surface area (Å²) in [6.07, 6.45) is 2.23. The lowest BCUT2D eigenvalue weighted by atomic mass is 10.1. The van der Waals surface area contributed by atoms with E-state index in [0.29, 0.717) is 12.0 Å². The summed E-state index contributed by atoms with van der Waals surface area (Å²) < 4.78 is 0. The van der Waals surface area contributed by atoms with Crippen molar-refractivity contribution < 1.29 is 0 Å². The molecule has 0 aromatic carbocycles. The van der Waals surface area contributed by atoms with E-state index in [2.05, 4.69) is 59.6 Å². The minimum absolute atomic E-state index is 0.421. The maximum atomic E-state index is 4.80. The number of fused-ring (bicyclic) bond motifs is 1. The Kier molecular flexibility index (Phi) is 5.88. The molecule has 0 unspecified atom stereocenters. The van der Waals surface area contributed by atoms with Crippen LogP contribution in [0.3, 0.4) is 0 Å². The summed E-state index contributed by atoms with van der Waals surface area (Å²) in [6.45, 7) is 8.10. The van der Waals surface area contributed by atoms with E-state index in [0.717, 1.165) is 67.1 Å². The number of piperidine rings is 1. The fraction of sp³-hybridized carbons (Fsp3) is 0.632. The van der Waals surface area contributed by atoms with Crippen LogP contribution in [0.25, 0.3) is 11.0 Å². The minimum Gasteiger partial charge on any atom is -0.368 e. The summed E-state index contributed by atoms with van der Waals surface area (Å²) in [4.78, 5) is 18.7. The predicted molar refractivity (Wildman–Crippen MR) is 108 cm³/mol. The molecule has 0 radical (unpaired) electrons. The van der Waals surface area contributed by atoms with Gasteiger partial charge in [0.1, 0.15) is 5.82 Å². The number of aryl methyl sites for hydroxylation is 2. The van der Waals surface area contributed by atoms with Gasteiger partial charge < -0.3 is 20.4 Å². The number of likely N-dealkylation sites (N-methyl/N-ethyl adjacent to an activating group) is 1. The Balaban J connectivity index is 1.88. The Hall–Kier alpha value is -1.99. The van der Waals surface area contributed by atoms with Crippen molar-refractivity contribution in [3.63, 3.8) is 0 Å². The molecule has 2 aromatic heterocycles. The van der Waals surface area contributed by atoms with Crippen molar-refractivity contribution >= 4 is 22.8 Å². The summed E-state index contributed by atoms with van der Waals surface area (Å²) in [5, 5.41) is 8.03. The van der Waals surface area contributed by atoms with E-state index >= 15 is 0 Å². The van der Waals surface area contributed by atoms with E-state index in [4.69, 9.17) is 9.97 Å². The van der Waals surface area contributed by atoms with E-state index in [1.165, 1.54) is 0 Å². The second-order valence-electron chi connectivity index (χ2n) is 7.63. The maximum Gasteiger partial charge on any atom is 0.226 e. The predicted octanol–water partition coefficient (Wildman–Crippen LogP) is 2.12. The van der Waals surface area contributed by atoms with Crippen molar-refractivity contribution in [3.05, 3.63) is 17.3 Å². The molecule has 0 aliphatic carbocycles. The molecule has 1 saturated heterocycles. The normalized spacial score (nSPS) is 16.4. The number of likely N-dealkylation sites (tertiary alicyclic amines) is 1. The molecule has 26 heavy (non-hydrogen) atoms. The lowest BCUT2D eigenvalue weighted by Crippen LogP contribution is -2.37. The van der Waals surface area contributed by atoms with Crippen LogP contribution in [0.15, 0.2) is 6.07 Å². The van der Waals surface area contributed by atoms with Crippen LogP contribution in [-0.4, -0.2) is 78.1 Å². The van der Waals surface area contributed by atoms with Crippen LogP contribution in [0.4, 0.5) is 11.8 Å². The fourth-order valence-electron chi connectivity index (χ4n) is 3.40. The van der Waals surface area contributed by atoms with Gasteiger partial charge in [-0.1, -0.05) is 0 Å². The molecule has 0 spiro atoms. The molecule has 2 aromatic rings. The molecule has 2 N–H and O–H groups in total. The Morgan fingerprint density at radius 1 is 1.15 bits per heavy atom. The van der Waals surface area contributed by atoms with Crippen molar-refractivity contribution in [2.75, 3.05) is 58.0 Å². The van der Waals surface area contributed by atoms with E-state index in [-0.39, 0.29) is 0 Å². The molecular formula is C19H31N7. The van der Waals surface area contributed by atoms with Crippen LogP contribution < -0.4 is 10.6 Å². The number of hydrogen-bond donors (Lipinski definition) is 2. The highest BCUT2D eigenvalue weighted by Gasteiger charge is 2.19. The van der Waals surface area contributed by atoms with Crippen molar-refractivity contribution in [2.24, 2.45) is 0 Å². The standard InChI is InChI=1S/C19H31N7/c1-13-12-14(2)21-18-16(13)17(20-8-11-25(3)4)23-19(24-18)22-15-6-9-26(5)10-7-15/h12,15H,6-11H2,1-5H3,(H2,20,21,22,23,24). The van der Waals surface area contributed by atoms with Crippen molar-refractivity contribution in [1.82, 2.24) is 24.8 Å². The van der Waals surface area contributed by atoms with Gasteiger partial charge in [-0.2, -0.15) is 9.97 Å². The maximum absolute atomic E-state index is 4.80. The van der Waals surface area contributed by atoms with Gasteiger partial charge in [0.2, 0.25) is 5.95 Å². The molecule has 3 rings (SSSR count). The first-order valence-electron chi connectivity index (χ1n) is 9.42. The molecule has 1 aliphatic rings. The topological polar surface area (TPSA) is 69.2 Å². The van der Waals surface area contributed by atoms with Crippen LogP contribution in [0, 0.1) is 13.8 Å². The largest absolute Gasteiger partial charge is 0.368 e. The molecule has 0 saturated carbocycles. The zero-order chi connectivity index (χ0) is 18.7. The van der Waals surface area contributed by atoms with Gasteiger partial charge in [-0.3, -0.25) is 0 Å². The Bertz CT molecular complexity index is 751. The Morgan fingerprint density at radius 2 is 1.88 bits per heavy atom. The van der Waals surface area contributed by atoms with Gasteiger partial charge in [0.15, 0.2) is 5.65 Å². The molecule has 1 aliphatic heterocycles. The number of rotatable bonds is 6. The fourth-order valence-corrected chi connectivity index (χ4v) is 3.40. The van der Waals surface area contributed by atoms with Gasteiger partial charge in [-0.15, -0.1) is 0 Å². The summed E-state index contributed by atoms with van der Waals surface area (Å²) in [6, 6.07) is 2.51.